The maximum Gasteiger partial charge on any atom is 0.261 e. The lowest BCUT2D eigenvalue weighted by atomic mass is 10.2. The van der Waals surface area contributed by atoms with Gasteiger partial charge in [-0.2, -0.15) is 0 Å². The van der Waals surface area contributed by atoms with E-state index in [4.69, 9.17) is 16.3 Å². The minimum Gasteiger partial charge on any atom is -0.496 e. The molecule has 0 aliphatic heterocycles. The molecule has 150 valence electrons. The first kappa shape index (κ1) is 20.7. The summed E-state index contributed by atoms with van der Waals surface area (Å²) < 4.78 is 32.9. The number of rotatable bonds is 6. The largest absolute Gasteiger partial charge is 0.496 e. The van der Waals surface area contributed by atoms with E-state index >= 15 is 0 Å². The van der Waals surface area contributed by atoms with Crippen molar-refractivity contribution in [2.45, 2.75) is 11.8 Å². The molecular weight excluding hydrogens is 412 g/mol. The molecule has 2 N–H and O–H groups in total. The van der Waals surface area contributed by atoms with Gasteiger partial charge in [0.2, 0.25) is 0 Å². The normalized spacial score (nSPS) is 11.0. The molecule has 3 aromatic carbocycles. The molecule has 0 aliphatic carbocycles. The lowest BCUT2D eigenvalue weighted by Gasteiger charge is -2.12. The molecule has 0 aromatic heterocycles. The van der Waals surface area contributed by atoms with E-state index in [1.54, 1.807) is 24.3 Å². The van der Waals surface area contributed by atoms with Gasteiger partial charge in [0.05, 0.1) is 23.3 Å². The Morgan fingerprint density at radius 2 is 1.69 bits per heavy atom. The highest BCUT2D eigenvalue weighted by atomic mass is 35.5. The lowest BCUT2D eigenvalue weighted by molar-refractivity contribution is 0.102. The van der Waals surface area contributed by atoms with E-state index in [1.165, 1.54) is 37.4 Å². The van der Waals surface area contributed by atoms with Crippen LogP contribution >= 0.6 is 11.6 Å². The van der Waals surface area contributed by atoms with Crippen LogP contribution in [0.25, 0.3) is 0 Å². The van der Waals surface area contributed by atoms with Gasteiger partial charge in [0.15, 0.2) is 0 Å². The van der Waals surface area contributed by atoms with E-state index in [0.717, 1.165) is 5.56 Å². The van der Waals surface area contributed by atoms with Crippen LogP contribution in [0.5, 0.6) is 5.75 Å². The van der Waals surface area contributed by atoms with Crippen molar-refractivity contribution in [3.63, 3.8) is 0 Å². The molecule has 3 rings (SSSR count). The number of hydrogen-bond donors (Lipinski definition) is 2. The van der Waals surface area contributed by atoms with Crippen molar-refractivity contribution in [1.29, 1.82) is 0 Å². The van der Waals surface area contributed by atoms with Crippen molar-refractivity contribution in [2.75, 3.05) is 17.1 Å². The van der Waals surface area contributed by atoms with E-state index < -0.39 is 15.9 Å². The summed E-state index contributed by atoms with van der Waals surface area (Å²) in [5.74, 6) is -0.0356. The Labute approximate surface area is 174 Å². The zero-order valence-electron chi connectivity index (χ0n) is 15.8. The first-order valence-electron chi connectivity index (χ1n) is 8.63. The summed E-state index contributed by atoms with van der Waals surface area (Å²) in [6.07, 6.45) is 0. The van der Waals surface area contributed by atoms with Crippen molar-refractivity contribution >= 4 is 38.9 Å². The van der Waals surface area contributed by atoms with Gasteiger partial charge in [-0.1, -0.05) is 29.8 Å². The monoisotopic (exact) mass is 430 g/mol. The van der Waals surface area contributed by atoms with Gasteiger partial charge in [-0.3, -0.25) is 9.52 Å². The van der Waals surface area contributed by atoms with Crippen molar-refractivity contribution in [3.05, 3.63) is 82.9 Å². The Hall–Kier alpha value is -3.03. The average Bonchev–Trinajstić information content (AvgIpc) is 2.70. The molecule has 0 saturated carbocycles. The summed E-state index contributed by atoms with van der Waals surface area (Å²) in [7, 11) is -2.29. The van der Waals surface area contributed by atoms with Crippen LogP contribution in [0.2, 0.25) is 5.02 Å². The number of ether oxygens (including phenoxy) is 1. The van der Waals surface area contributed by atoms with Crippen LogP contribution in [0.15, 0.2) is 71.6 Å². The predicted molar refractivity (Wildman–Crippen MR) is 114 cm³/mol. The van der Waals surface area contributed by atoms with Crippen molar-refractivity contribution in [3.8, 4) is 5.75 Å². The maximum absolute atomic E-state index is 12.6. The number of anilines is 2. The number of carbonyl (C=O) groups excluding carboxylic acids is 1. The Bertz CT molecular complexity index is 1150. The minimum absolute atomic E-state index is 0.0825. The van der Waals surface area contributed by atoms with Crippen LogP contribution in [-0.2, 0) is 10.0 Å². The summed E-state index contributed by atoms with van der Waals surface area (Å²) in [5, 5.41) is 3.11. The maximum atomic E-state index is 12.6. The molecule has 0 bridgehead atoms. The van der Waals surface area contributed by atoms with Crippen LogP contribution in [0.3, 0.4) is 0 Å². The fourth-order valence-electron chi connectivity index (χ4n) is 2.66. The number of amides is 1. The molecule has 6 nitrogen and oxygen atoms in total. The van der Waals surface area contributed by atoms with Crippen molar-refractivity contribution in [1.82, 2.24) is 0 Å². The van der Waals surface area contributed by atoms with Crippen LogP contribution in [-0.4, -0.2) is 21.4 Å². The van der Waals surface area contributed by atoms with E-state index in [2.05, 4.69) is 10.0 Å². The molecule has 0 fully saturated rings. The van der Waals surface area contributed by atoms with Gasteiger partial charge >= 0.3 is 0 Å². The molecule has 0 unspecified atom stereocenters. The van der Waals surface area contributed by atoms with Crippen LogP contribution in [0.1, 0.15) is 15.9 Å². The number of aryl methyl sites for hydroxylation is 1. The number of benzene rings is 3. The second-order valence-electron chi connectivity index (χ2n) is 6.24. The summed E-state index contributed by atoms with van der Waals surface area (Å²) in [4.78, 5) is 12.6. The fraction of sp³-hybridized carbons (Fsp3) is 0.0952. The third kappa shape index (κ3) is 4.88. The Kier molecular flexibility index (Phi) is 6.10. The second kappa shape index (κ2) is 8.55. The first-order valence-corrected chi connectivity index (χ1v) is 10.5. The van der Waals surface area contributed by atoms with Gasteiger partial charge in [0.25, 0.3) is 15.9 Å². The zero-order valence-corrected chi connectivity index (χ0v) is 17.3. The van der Waals surface area contributed by atoms with Crippen molar-refractivity contribution < 1.29 is 17.9 Å². The SMILES string of the molecule is COc1ccc(Cl)cc1C(=O)Nc1ccc(S(=O)(=O)Nc2ccccc2C)cc1. The fourth-order valence-corrected chi connectivity index (χ4v) is 3.97. The number of para-hydroxylation sites is 1. The molecular formula is C21H19ClN2O4S. The number of sulfonamides is 1. The quantitative estimate of drug-likeness (QED) is 0.593. The highest BCUT2D eigenvalue weighted by Crippen LogP contribution is 2.25. The highest BCUT2D eigenvalue weighted by molar-refractivity contribution is 7.92. The molecule has 0 spiro atoms. The average molecular weight is 431 g/mol. The Balaban J connectivity index is 1.77. The van der Waals surface area contributed by atoms with Crippen LogP contribution in [0, 0.1) is 6.92 Å². The standard InChI is InChI=1S/C21H19ClN2O4S/c1-14-5-3-4-6-19(14)24-29(26,27)17-10-8-16(9-11-17)23-21(25)18-13-15(22)7-12-20(18)28-2/h3-13,24H,1-2H3,(H,23,25). The number of hydrogen-bond acceptors (Lipinski definition) is 4. The number of nitrogens with one attached hydrogen (secondary N) is 2. The third-order valence-electron chi connectivity index (χ3n) is 4.22. The molecule has 0 atom stereocenters. The topological polar surface area (TPSA) is 84.5 Å². The summed E-state index contributed by atoms with van der Waals surface area (Å²) >= 11 is 5.96. The molecule has 0 radical (unpaired) electrons. The predicted octanol–water partition coefficient (Wildman–Crippen LogP) is 4.71. The third-order valence-corrected chi connectivity index (χ3v) is 5.83. The van der Waals surface area contributed by atoms with Crippen LogP contribution in [0.4, 0.5) is 11.4 Å². The number of methoxy groups -OCH3 is 1. The smallest absolute Gasteiger partial charge is 0.261 e. The summed E-state index contributed by atoms with van der Waals surface area (Å²) in [6, 6.07) is 17.7. The molecule has 0 heterocycles. The molecule has 8 heteroatoms. The minimum atomic E-state index is -3.75. The van der Waals surface area contributed by atoms with Gasteiger partial charge < -0.3 is 10.1 Å². The number of halogens is 1. The van der Waals surface area contributed by atoms with Gasteiger partial charge in [-0.25, -0.2) is 8.42 Å². The molecule has 0 aliphatic rings. The van der Waals surface area contributed by atoms with Crippen molar-refractivity contribution in [2.24, 2.45) is 0 Å². The zero-order chi connectivity index (χ0) is 21.0. The van der Waals surface area contributed by atoms with E-state index in [9.17, 15) is 13.2 Å². The van der Waals surface area contributed by atoms with E-state index in [1.807, 2.05) is 19.1 Å². The van der Waals surface area contributed by atoms with E-state index in [0.29, 0.717) is 22.1 Å². The highest BCUT2D eigenvalue weighted by Gasteiger charge is 2.17. The Morgan fingerprint density at radius 3 is 2.34 bits per heavy atom. The molecule has 29 heavy (non-hydrogen) atoms. The van der Waals surface area contributed by atoms with Gasteiger partial charge in [-0.15, -0.1) is 0 Å². The van der Waals surface area contributed by atoms with Gasteiger partial charge in [-0.05, 0) is 61.0 Å². The summed E-state index contributed by atoms with van der Waals surface area (Å²) in [5.41, 5.74) is 2.04. The molecule has 0 saturated heterocycles. The molecule has 1 amide bonds. The Morgan fingerprint density at radius 1 is 1.00 bits per heavy atom. The van der Waals surface area contributed by atoms with Gasteiger partial charge in [0, 0.05) is 10.7 Å². The first-order chi connectivity index (χ1) is 13.8. The number of carbonyl (C=O) groups is 1. The second-order valence-corrected chi connectivity index (χ2v) is 8.36. The lowest BCUT2D eigenvalue weighted by Crippen LogP contribution is -2.15. The van der Waals surface area contributed by atoms with E-state index in [-0.39, 0.29) is 10.5 Å². The summed E-state index contributed by atoms with van der Waals surface area (Å²) in [6.45, 7) is 1.82. The molecule has 3 aromatic rings. The van der Waals surface area contributed by atoms with Crippen LogP contribution < -0.4 is 14.8 Å². The van der Waals surface area contributed by atoms with Gasteiger partial charge in [0.1, 0.15) is 5.75 Å².